The van der Waals surface area contributed by atoms with Crippen LogP contribution in [0.2, 0.25) is 0 Å². The van der Waals surface area contributed by atoms with Gasteiger partial charge in [0.15, 0.2) is 5.78 Å². The number of ketones is 1. The standard InChI is InChI=1S/C19H12O3/c1-22-19(21)15-10-11-6-2-3-7-12(11)16-13-8-4-5-9-14(13)18(20)17(15)16/h2-10H,1H3. The highest BCUT2D eigenvalue weighted by Gasteiger charge is 2.32. The molecule has 106 valence electrons. The summed E-state index contributed by atoms with van der Waals surface area (Å²) in [6.07, 6.45) is 0. The molecule has 0 N–H and O–H groups in total. The molecule has 0 radical (unpaired) electrons. The Balaban J connectivity index is 2.20. The molecule has 1 aliphatic rings. The number of fused-ring (bicyclic) bond motifs is 5. The molecule has 0 unspecified atom stereocenters. The van der Waals surface area contributed by atoms with Crippen molar-refractivity contribution in [3.63, 3.8) is 0 Å². The molecule has 0 aliphatic heterocycles. The predicted molar refractivity (Wildman–Crippen MR) is 84.2 cm³/mol. The lowest BCUT2D eigenvalue weighted by molar-refractivity contribution is 0.0598. The average Bonchev–Trinajstić information content (AvgIpc) is 2.87. The number of benzene rings is 3. The van der Waals surface area contributed by atoms with Crippen LogP contribution in [-0.4, -0.2) is 18.9 Å². The number of carbonyl (C=O) groups excluding carboxylic acids is 2. The lowest BCUT2D eigenvalue weighted by Gasteiger charge is -2.10. The zero-order valence-corrected chi connectivity index (χ0v) is 11.9. The molecule has 0 aromatic heterocycles. The lowest BCUT2D eigenvalue weighted by atomic mass is 9.94. The lowest BCUT2D eigenvalue weighted by Crippen LogP contribution is -2.09. The van der Waals surface area contributed by atoms with Gasteiger partial charge in [0.25, 0.3) is 0 Å². The number of ether oxygens (including phenoxy) is 1. The minimum absolute atomic E-state index is 0.114. The van der Waals surface area contributed by atoms with Gasteiger partial charge in [0.2, 0.25) is 0 Å². The summed E-state index contributed by atoms with van der Waals surface area (Å²) in [4.78, 5) is 24.9. The van der Waals surface area contributed by atoms with E-state index in [0.717, 1.165) is 21.9 Å². The Morgan fingerprint density at radius 2 is 1.59 bits per heavy atom. The van der Waals surface area contributed by atoms with Crippen molar-refractivity contribution in [1.82, 2.24) is 0 Å². The normalized spacial score (nSPS) is 12.1. The molecule has 1 aliphatic carbocycles. The van der Waals surface area contributed by atoms with E-state index < -0.39 is 5.97 Å². The van der Waals surface area contributed by atoms with Gasteiger partial charge in [-0.3, -0.25) is 4.79 Å². The minimum Gasteiger partial charge on any atom is -0.465 e. The SMILES string of the molecule is COC(=O)c1cc2ccccc2c2c1C(=O)c1ccccc1-2. The van der Waals surface area contributed by atoms with Gasteiger partial charge in [-0.15, -0.1) is 0 Å². The summed E-state index contributed by atoms with van der Waals surface area (Å²) in [5.74, 6) is -0.597. The van der Waals surface area contributed by atoms with Crippen molar-refractivity contribution in [2.45, 2.75) is 0 Å². The summed E-state index contributed by atoms with van der Waals surface area (Å²) in [7, 11) is 1.33. The van der Waals surface area contributed by atoms with Crippen LogP contribution in [0.15, 0.2) is 54.6 Å². The number of esters is 1. The van der Waals surface area contributed by atoms with Crippen LogP contribution in [0, 0.1) is 0 Å². The fraction of sp³-hybridized carbons (Fsp3) is 0.0526. The van der Waals surface area contributed by atoms with Crippen LogP contribution < -0.4 is 0 Å². The minimum atomic E-state index is -0.483. The van der Waals surface area contributed by atoms with Gasteiger partial charge in [0.05, 0.1) is 12.7 Å². The first kappa shape index (κ1) is 12.8. The number of carbonyl (C=O) groups is 2. The van der Waals surface area contributed by atoms with Crippen LogP contribution in [0.1, 0.15) is 26.3 Å². The molecule has 0 bridgehead atoms. The number of hydrogen-bond donors (Lipinski definition) is 0. The summed E-state index contributed by atoms with van der Waals surface area (Å²) in [6.45, 7) is 0. The molecule has 0 atom stereocenters. The fourth-order valence-corrected chi connectivity index (χ4v) is 3.17. The zero-order chi connectivity index (χ0) is 15.3. The summed E-state index contributed by atoms with van der Waals surface area (Å²) in [5, 5.41) is 1.90. The number of hydrogen-bond acceptors (Lipinski definition) is 3. The zero-order valence-electron chi connectivity index (χ0n) is 11.9. The third-order valence-electron chi connectivity index (χ3n) is 4.12. The first-order valence-electron chi connectivity index (χ1n) is 7.00. The fourth-order valence-electron chi connectivity index (χ4n) is 3.17. The molecule has 3 nitrogen and oxygen atoms in total. The molecule has 3 aromatic rings. The maximum absolute atomic E-state index is 12.8. The van der Waals surface area contributed by atoms with Gasteiger partial charge in [-0.05, 0) is 22.4 Å². The predicted octanol–water partition coefficient (Wildman–Crippen LogP) is 3.84. The Morgan fingerprint density at radius 1 is 0.909 bits per heavy atom. The molecule has 22 heavy (non-hydrogen) atoms. The van der Waals surface area contributed by atoms with Crippen LogP contribution in [0.25, 0.3) is 21.9 Å². The van der Waals surface area contributed by atoms with Crippen molar-refractivity contribution < 1.29 is 14.3 Å². The largest absolute Gasteiger partial charge is 0.465 e. The van der Waals surface area contributed by atoms with Crippen molar-refractivity contribution in [3.05, 3.63) is 71.3 Å². The van der Waals surface area contributed by atoms with E-state index in [1.54, 1.807) is 12.1 Å². The first-order valence-corrected chi connectivity index (χ1v) is 7.00. The van der Waals surface area contributed by atoms with Gasteiger partial charge in [0, 0.05) is 16.7 Å². The number of methoxy groups -OCH3 is 1. The second-order valence-electron chi connectivity index (χ2n) is 5.26. The Bertz CT molecular complexity index is 954. The monoisotopic (exact) mass is 288 g/mol. The summed E-state index contributed by atoms with van der Waals surface area (Å²) in [5.41, 5.74) is 3.13. The molecule has 0 heterocycles. The maximum atomic E-state index is 12.8. The van der Waals surface area contributed by atoms with Crippen LogP contribution in [0.3, 0.4) is 0 Å². The Kier molecular flexibility index (Phi) is 2.63. The molecule has 3 aromatic carbocycles. The van der Waals surface area contributed by atoms with Gasteiger partial charge in [-0.25, -0.2) is 4.79 Å². The molecule has 0 saturated heterocycles. The van der Waals surface area contributed by atoms with Crippen molar-refractivity contribution in [1.29, 1.82) is 0 Å². The Hall–Kier alpha value is -2.94. The highest BCUT2D eigenvalue weighted by atomic mass is 16.5. The number of rotatable bonds is 1. The smallest absolute Gasteiger partial charge is 0.338 e. The maximum Gasteiger partial charge on any atom is 0.338 e. The molecule has 4 rings (SSSR count). The van der Waals surface area contributed by atoms with Crippen molar-refractivity contribution >= 4 is 22.5 Å². The van der Waals surface area contributed by atoms with Crippen LogP contribution in [-0.2, 0) is 4.74 Å². The second-order valence-corrected chi connectivity index (χ2v) is 5.26. The molecular weight excluding hydrogens is 276 g/mol. The van der Waals surface area contributed by atoms with E-state index in [-0.39, 0.29) is 5.78 Å². The molecular formula is C19H12O3. The third kappa shape index (κ3) is 1.56. The van der Waals surface area contributed by atoms with E-state index >= 15 is 0 Å². The van der Waals surface area contributed by atoms with Gasteiger partial charge in [-0.2, -0.15) is 0 Å². The third-order valence-corrected chi connectivity index (χ3v) is 4.12. The van der Waals surface area contributed by atoms with E-state index in [2.05, 4.69) is 0 Å². The molecule has 0 saturated carbocycles. The van der Waals surface area contributed by atoms with Crippen LogP contribution >= 0.6 is 0 Å². The van der Waals surface area contributed by atoms with Gasteiger partial charge in [0.1, 0.15) is 0 Å². The molecule has 0 spiro atoms. The average molecular weight is 288 g/mol. The summed E-state index contributed by atoms with van der Waals surface area (Å²) >= 11 is 0. The summed E-state index contributed by atoms with van der Waals surface area (Å²) in [6, 6.07) is 17.0. The van der Waals surface area contributed by atoms with Gasteiger partial charge in [-0.1, -0.05) is 48.5 Å². The molecule has 0 amide bonds. The molecule has 0 fully saturated rings. The van der Waals surface area contributed by atoms with Crippen molar-refractivity contribution in [3.8, 4) is 11.1 Å². The van der Waals surface area contributed by atoms with E-state index in [4.69, 9.17) is 4.74 Å². The quantitative estimate of drug-likeness (QED) is 0.500. The first-order chi connectivity index (χ1) is 10.7. The van der Waals surface area contributed by atoms with E-state index in [9.17, 15) is 9.59 Å². The van der Waals surface area contributed by atoms with Crippen LogP contribution in [0.5, 0.6) is 0 Å². The molecule has 3 heteroatoms. The van der Waals surface area contributed by atoms with Crippen LogP contribution in [0.4, 0.5) is 0 Å². The van der Waals surface area contributed by atoms with Gasteiger partial charge < -0.3 is 4.74 Å². The highest BCUT2D eigenvalue weighted by Crippen LogP contribution is 2.43. The van der Waals surface area contributed by atoms with Gasteiger partial charge >= 0.3 is 5.97 Å². The second kappa shape index (κ2) is 4.53. The highest BCUT2D eigenvalue weighted by molar-refractivity contribution is 6.29. The van der Waals surface area contributed by atoms with E-state index in [1.165, 1.54) is 7.11 Å². The Morgan fingerprint density at radius 3 is 2.36 bits per heavy atom. The van der Waals surface area contributed by atoms with E-state index in [1.807, 2.05) is 42.5 Å². The van der Waals surface area contributed by atoms with Crippen molar-refractivity contribution in [2.75, 3.05) is 7.11 Å². The van der Waals surface area contributed by atoms with Crippen molar-refractivity contribution in [2.24, 2.45) is 0 Å². The Labute approximate surface area is 127 Å². The van der Waals surface area contributed by atoms with E-state index in [0.29, 0.717) is 16.7 Å². The summed E-state index contributed by atoms with van der Waals surface area (Å²) < 4.78 is 4.87. The topological polar surface area (TPSA) is 43.4 Å².